The van der Waals surface area contributed by atoms with Crippen LogP contribution in [0.1, 0.15) is 35.1 Å². The van der Waals surface area contributed by atoms with E-state index < -0.39 is 0 Å². The molecule has 1 saturated heterocycles. The highest BCUT2D eigenvalue weighted by Gasteiger charge is 2.28. The molecule has 0 radical (unpaired) electrons. The van der Waals surface area contributed by atoms with E-state index in [1.165, 1.54) is 41.5 Å². The van der Waals surface area contributed by atoms with E-state index in [2.05, 4.69) is 52.7 Å². The van der Waals surface area contributed by atoms with Gasteiger partial charge in [0.15, 0.2) is 0 Å². The lowest BCUT2D eigenvalue weighted by Crippen LogP contribution is -2.45. The fourth-order valence-electron chi connectivity index (χ4n) is 4.14. The lowest BCUT2D eigenvalue weighted by Gasteiger charge is -2.28. The lowest BCUT2D eigenvalue weighted by atomic mass is 10.0. The average Bonchev–Trinajstić information content (AvgIpc) is 3.04. The van der Waals surface area contributed by atoms with Gasteiger partial charge in [-0.1, -0.05) is 48.5 Å². The normalized spacial score (nSPS) is 20.8. The number of benzene rings is 2. The summed E-state index contributed by atoms with van der Waals surface area (Å²) in [6.07, 6.45) is 5.50. The summed E-state index contributed by atoms with van der Waals surface area (Å²) in [5.41, 5.74) is 5.59. The van der Waals surface area contributed by atoms with Crippen molar-refractivity contribution in [2.24, 2.45) is 0 Å². The van der Waals surface area contributed by atoms with E-state index in [9.17, 15) is 4.79 Å². The van der Waals surface area contributed by atoms with Gasteiger partial charge in [0.25, 0.3) is 0 Å². The van der Waals surface area contributed by atoms with Gasteiger partial charge in [0.1, 0.15) is 0 Å². The Hall–Kier alpha value is -2.13. The Labute approximate surface area is 150 Å². The molecule has 1 aliphatic carbocycles. The minimum atomic E-state index is -0.0850. The molecule has 2 aromatic rings. The summed E-state index contributed by atoms with van der Waals surface area (Å²) in [6, 6.07) is 17.2. The molecule has 3 heteroatoms. The summed E-state index contributed by atoms with van der Waals surface area (Å²) < 4.78 is 0. The van der Waals surface area contributed by atoms with Crippen molar-refractivity contribution in [1.29, 1.82) is 0 Å². The number of nitrogens with zero attached hydrogens (tertiary/aromatic N) is 1. The molecule has 2 aromatic carbocycles. The first-order chi connectivity index (χ1) is 12.3. The van der Waals surface area contributed by atoms with Crippen molar-refractivity contribution in [1.82, 2.24) is 10.2 Å². The number of nitrogens with one attached hydrogen (secondary N) is 1. The molecular weight excluding hydrogens is 308 g/mol. The highest BCUT2D eigenvalue weighted by molar-refractivity contribution is 5.82. The van der Waals surface area contributed by atoms with Gasteiger partial charge in [-0.25, -0.2) is 0 Å². The molecule has 1 N–H and O–H groups in total. The molecule has 130 valence electrons. The van der Waals surface area contributed by atoms with Crippen molar-refractivity contribution < 1.29 is 4.79 Å². The Bertz CT molecular complexity index is 741. The van der Waals surface area contributed by atoms with Gasteiger partial charge in [0.2, 0.25) is 5.91 Å². The van der Waals surface area contributed by atoms with Crippen LogP contribution in [0.3, 0.4) is 0 Å². The minimum absolute atomic E-state index is 0.0850. The van der Waals surface area contributed by atoms with E-state index in [1.807, 2.05) is 6.07 Å². The maximum absolute atomic E-state index is 12.7. The van der Waals surface area contributed by atoms with Crippen molar-refractivity contribution in [2.75, 3.05) is 13.1 Å². The fourth-order valence-corrected chi connectivity index (χ4v) is 4.14. The van der Waals surface area contributed by atoms with Gasteiger partial charge in [-0.15, -0.1) is 0 Å². The Morgan fingerprint density at radius 3 is 2.68 bits per heavy atom. The summed E-state index contributed by atoms with van der Waals surface area (Å²) in [6.45, 7) is 2.61. The number of amides is 1. The van der Waals surface area contributed by atoms with Crippen molar-refractivity contribution in [3.63, 3.8) is 0 Å². The first kappa shape index (κ1) is 16.3. The second kappa shape index (κ2) is 7.40. The van der Waals surface area contributed by atoms with Crippen LogP contribution in [0, 0.1) is 0 Å². The SMILES string of the molecule is O=C1NCCCN(Cc2ccc3c(c2)CCC3)C1Cc1ccccc1. The topological polar surface area (TPSA) is 32.3 Å². The van der Waals surface area contributed by atoms with Crippen molar-refractivity contribution in [2.45, 2.75) is 44.7 Å². The third-order valence-electron chi connectivity index (χ3n) is 5.49. The highest BCUT2D eigenvalue weighted by atomic mass is 16.2. The van der Waals surface area contributed by atoms with E-state index in [0.717, 1.165) is 32.5 Å². The van der Waals surface area contributed by atoms with Crippen LogP contribution in [0.5, 0.6) is 0 Å². The van der Waals surface area contributed by atoms with Crippen LogP contribution >= 0.6 is 0 Å². The molecule has 3 nitrogen and oxygen atoms in total. The molecule has 4 rings (SSSR count). The zero-order valence-electron chi connectivity index (χ0n) is 14.7. The Morgan fingerprint density at radius 1 is 0.960 bits per heavy atom. The van der Waals surface area contributed by atoms with Crippen LogP contribution in [0.2, 0.25) is 0 Å². The molecular formula is C22H26N2O. The molecule has 0 spiro atoms. The summed E-state index contributed by atoms with van der Waals surface area (Å²) in [5.74, 6) is 0.169. The molecule has 2 aliphatic rings. The second-order valence-corrected chi connectivity index (χ2v) is 7.28. The van der Waals surface area contributed by atoms with Crippen LogP contribution in [0.15, 0.2) is 48.5 Å². The maximum atomic E-state index is 12.7. The quantitative estimate of drug-likeness (QED) is 0.932. The summed E-state index contributed by atoms with van der Waals surface area (Å²) in [7, 11) is 0. The van der Waals surface area contributed by atoms with Gasteiger partial charge in [-0.3, -0.25) is 9.69 Å². The molecule has 25 heavy (non-hydrogen) atoms. The number of aryl methyl sites for hydroxylation is 2. The third-order valence-corrected chi connectivity index (χ3v) is 5.49. The molecule has 1 unspecified atom stereocenters. The lowest BCUT2D eigenvalue weighted by molar-refractivity contribution is -0.125. The molecule has 0 bridgehead atoms. The van der Waals surface area contributed by atoms with Crippen LogP contribution in [-0.4, -0.2) is 29.9 Å². The first-order valence-corrected chi connectivity index (χ1v) is 9.46. The molecule has 1 amide bonds. The summed E-state index contributed by atoms with van der Waals surface area (Å²) in [5, 5.41) is 3.09. The number of carbonyl (C=O) groups excluding carboxylic acids is 1. The van der Waals surface area contributed by atoms with Crippen LogP contribution in [-0.2, 0) is 30.6 Å². The molecule has 0 saturated carbocycles. The predicted octanol–water partition coefficient (Wildman–Crippen LogP) is 3.11. The number of hydrogen-bond acceptors (Lipinski definition) is 2. The molecule has 1 fully saturated rings. The largest absolute Gasteiger partial charge is 0.355 e. The van der Waals surface area contributed by atoms with Crippen LogP contribution < -0.4 is 5.32 Å². The van der Waals surface area contributed by atoms with Crippen molar-refractivity contribution in [3.05, 3.63) is 70.8 Å². The zero-order valence-corrected chi connectivity index (χ0v) is 14.7. The van der Waals surface area contributed by atoms with E-state index in [1.54, 1.807) is 0 Å². The molecule has 1 aliphatic heterocycles. The standard InChI is InChI=1S/C22H26N2O/c25-22-21(15-17-6-2-1-3-7-17)24(13-5-12-23-22)16-18-10-11-19-8-4-9-20(19)14-18/h1-3,6-7,10-11,14,21H,4-5,8-9,12-13,15-16H2,(H,23,25). The predicted molar refractivity (Wildman–Crippen MR) is 100 cm³/mol. The number of hydrogen-bond donors (Lipinski definition) is 1. The summed E-state index contributed by atoms with van der Waals surface area (Å²) in [4.78, 5) is 15.0. The van der Waals surface area contributed by atoms with Gasteiger partial charge >= 0.3 is 0 Å². The number of carbonyl (C=O) groups is 1. The van der Waals surface area contributed by atoms with Crippen LogP contribution in [0.4, 0.5) is 0 Å². The number of fused-ring (bicyclic) bond motifs is 1. The minimum Gasteiger partial charge on any atom is -0.355 e. The van der Waals surface area contributed by atoms with Crippen molar-refractivity contribution in [3.8, 4) is 0 Å². The van der Waals surface area contributed by atoms with E-state index >= 15 is 0 Å². The van der Waals surface area contributed by atoms with E-state index in [4.69, 9.17) is 0 Å². The maximum Gasteiger partial charge on any atom is 0.237 e. The smallest absolute Gasteiger partial charge is 0.237 e. The van der Waals surface area contributed by atoms with Gasteiger partial charge in [0, 0.05) is 19.6 Å². The molecule has 1 atom stereocenters. The van der Waals surface area contributed by atoms with E-state index in [0.29, 0.717) is 0 Å². The summed E-state index contributed by atoms with van der Waals surface area (Å²) >= 11 is 0. The van der Waals surface area contributed by atoms with Gasteiger partial charge < -0.3 is 5.32 Å². The molecule has 1 heterocycles. The second-order valence-electron chi connectivity index (χ2n) is 7.28. The Balaban J connectivity index is 1.55. The Kier molecular flexibility index (Phi) is 4.84. The Morgan fingerprint density at radius 2 is 1.80 bits per heavy atom. The third kappa shape index (κ3) is 3.77. The van der Waals surface area contributed by atoms with Crippen LogP contribution in [0.25, 0.3) is 0 Å². The fraction of sp³-hybridized carbons (Fsp3) is 0.409. The van der Waals surface area contributed by atoms with Gasteiger partial charge in [0.05, 0.1) is 6.04 Å². The van der Waals surface area contributed by atoms with Gasteiger partial charge in [-0.2, -0.15) is 0 Å². The van der Waals surface area contributed by atoms with E-state index in [-0.39, 0.29) is 11.9 Å². The van der Waals surface area contributed by atoms with Gasteiger partial charge in [-0.05, 0) is 54.4 Å². The molecule has 0 aromatic heterocycles. The first-order valence-electron chi connectivity index (χ1n) is 9.46. The number of rotatable bonds is 4. The zero-order chi connectivity index (χ0) is 17.1. The van der Waals surface area contributed by atoms with Crippen molar-refractivity contribution >= 4 is 5.91 Å². The monoisotopic (exact) mass is 334 g/mol. The average molecular weight is 334 g/mol. The highest BCUT2D eigenvalue weighted by Crippen LogP contribution is 2.24.